The Morgan fingerprint density at radius 3 is 2.66 bits per heavy atom. The first-order chi connectivity index (χ1) is 15.4. The standard InChI is InChI=1S/C24H18FN3O4/c25-21-8-6-18(12-22(21)28(31)32)27-13-16(11-23(27)29)24(30)26-17-5-7-20-15(10-17)9-14-3-1-2-4-19(14)20/h1-8,10,12,16H,9,11,13H2,(H,26,30). The van der Waals surface area contributed by atoms with Crippen LogP contribution in [-0.4, -0.2) is 23.3 Å². The van der Waals surface area contributed by atoms with Gasteiger partial charge in [0.05, 0.1) is 16.5 Å². The van der Waals surface area contributed by atoms with Gasteiger partial charge in [0.2, 0.25) is 17.6 Å². The number of halogens is 1. The van der Waals surface area contributed by atoms with Crippen molar-refractivity contribution >= 4 is 28.9 Å². The highest BCUT2D eigenvalue weighted by Gasteiger charge is 2.36. The van der Waals surface area contributed by atoms with Gasteiger partial charge in [0.1, 0.15) is 0 Å². The highest BCUT2D eigenvalue weighted by molar-refractivity contribution is 6.03. The number of nitro groups is 1. The summed E-state index contributed by atoms with van der Waals surface area (Å²) in [6.07, 6.45) is 0.779. The normalized spacial score (nSPS) is 16.6. The van der Waals surface area contributed by atoms with Crippen LogP contribution in [0.3, 0.4) is 0 Å². The fraction of sp³-hybridized carbons (Fsp3) is 0.167. The number of carbonyl (C=O) groups excluding carboxylic acids is 2. The van der Waals surface area contributed by atoms with Gasteiger partial charge in [-0.25, -0.2) is 0 Å². The molecule has 2 amide bonds. The maximum Gasteiger partial charge on any atom is 0.306 e. The Kier molecular flexibility index (Phi) is 4.70. The Hall–Kier alpha value is -4.07. The molecule has 1 N–H and O–H groups in total. The van der Waals surface area contributed by atoms with Crippen molar-refractivity contribution in [3.8, 4) is 11.1 Å². The fourth-order valence-electron chi connectivity index (χ4n) is 4.41. The van der Waals surface area contributed by atoms with E-state index in [0.717, 1.165) is 29.7 Å². The largest absolute Gasteiger partial charge is 0.326 e. The first-order valence-corrected chi connectivity index (χ1v) is 10.2. The maximum absolute atomic E-state index is 13.6. The summed E-state index contributed by atoms with van der Waals surface area (Å²) in [7, 11) is 0. The van der Waals surface area contributed by atoms with Crippen LogP contribution < -0.4 is 10.2 Å². The van der Waals surface area contributed by atoms with Crippen LogP contribution in [0, 0.1) is 21.8 Å². The second kappa shape index (κ2) is 7.56. The molecule has 3 aromatic carbocycles. The molecule has 8 heteroatoms. The molecule has 0 radical (unpaired) electrons. The lowest BCUT2D eigenvalue weighted by molar-refractivity contribution is -0.387. The Balaban J connectivity index is 1.30. The van der Waals surface area contributed by atoms with Crippen molar-refractivity contribution in [1.82, 2.24) is 0 Å². The van der Waals surface area contributed by atoms with Crippen LogP contribution in [0.25, 0.3) is 11.1 Å². The number of fused-ring (bicyclic) bond motifs is 3. The molecule has 0 saturated carbocycles. The minimum absolute atomic E-state index is 0.0204. The van der Waals surface area contributed by atoms with Crippen LogP contribution in [0.15, 0.2) is 60.7 Å². The van der Waals surface area contributed by atoms with E-state index in [0.29, 0.717) is 5.69 Å². The van der Waals surface area contributed by atoms with E-state index in [4.69, 9.17) is 0 Å². The van der Waals surface area contributed by atoms with Crippen molar-refractivity contribution in [3.63, 3.8) is 0 Å². The smallest absolute Gasteiger partial charge is 0.306 e. The number of carbonyl (C=O) groups is 2. The van der Waals surface area contributed by atoms with Gasteiger partial charge in [-0.2, -0.15) is 4.39 Å². The summed E-state index contributed by atoms with van der Waals surface area (Å²) in [5.74, 6) is -2.22. The van der Waals surface area contributed by atoms with Crippen molar-refractivity contribution in [3.05, 3.63) is 87.7 Å². The van der Waals surface area contributed by atoms with Crippen LogP contribution in [0.1, 0.15) is 17.5 Å². The summed E-state index contributed by atoms with van der Waals surface area (Å²) in [5.41, 5.74) is 4.88. The molecule has 160 valence electrons. The molecule has 1 aliphatic heterocycles. The van der Waals surface area contributed by atoms with Crippen LogP contribution in [-0.2, 0) is 16.0 Å². The second-order valence-corrected chi connectivity index (χ2v) is 7.99. The van der Waals surface area contributed by atoms with E-state index in [-0.39, 0.29) is 30.5 Å². The van der Waals surface area contributed by atoms with Crippen molar-refractivity contribution in [2.75, 3.05) is 16.8 Å². The predicted octanol–water partition coefficient (Wildman–Crippen LogP) is 4.30. The van der Waals surface area contributed by atoms with Crippen molar-refractivity contribution in [2.24, 2.45) is 5.92 Å². The molecular formula is C24H18FN3O4. The molecule has 7 nitrogen and oxygen atoms in total. The first-order valence-electron chi connectivity index (χ1n) is 10.2. The number of hydrogen-bond acceptors (Lipinski definition) is 4. The third-order valence-corrected chi connectivity index (χ3v) is 6.00. The summed E-state index contributed by atoms with van der Waals surface area (Å²) < 4.78 is 13.6. The number of anilines is 2. The van der Waals surface area contributed by atoms with Gasteiger partial charge in [-0.15, -0.1) is 0 Å². The zero-order valence-corrected chi connectivity index (χ0v) is 16.9. The molecule has 1 saturated heterocycles. The Bertz CT molecular complexity index is 1290. The Labute approximate surface area is 182 Å². The average Bonchev–Trinajstić information content (AvgIpc) is 3.34. The number of nitro benzene ring substituents is 1. The van der Waals surface area contributed by atoms with E-state index in [9.17, 15) is 24.1 Å². The molecule has 1 atom stereocenters. The molecule has 1 heterocycles. The first kappa shape index (κ1) is 19.9. The Morgan fingerprint density at radius 1 is 1.06 bits per heavy atom. The number of nitrogens with zero attached hydrogens (tertiary/aromatic N) is 2. The van der Waals surface area contributed by atoms with E-state index < -0.39 is 22.3 Å². The zero-order valence-electron chi connectivity index (χ0n) is 16.9. The van der Waals surface area contributed by atoms with Gasteiger partial charge in [0.25, 0.3) is 0 Å². The van der Waals surface area contributed by atoms with Crippen LogP contribution in [0.5, 0.6) is 0 Å². The van der Waals surface area contributed by atoms with Gasteiger partial charge < -0.3 is 10.2 Å². The molecule has 3 aromatic rings. The molecule has 2 aliphatic rings. The molecule has 1 aliphatic carbocycles. The lowest BCUT2D eigenvalue weighted by Gasteiger charge is -2.17. The van der Waals surface area contributed by atoms with Crippen LogP contribution in [0.4, 0.5) is 21.5 Å². The lowest BCUT2D eigenvalue weighted by Crippen LogP contribution is -2.28. The third kappa shape index (κ3) is 3.39. The minimum atomic E-state index is -0.974. The number of nitrogens with one attached hydrogen (secondary N) is 1. The van der Waals surface area contributed by atoms with E-state index in [1.54, 1.807) is 0 Å². The van der Waals surface area contributed by atoms with Crippen molar-refractivity contribution in [1.29, 1.82) is 0 Å². The zero-order chi connectivity index (χ0) is 22.4. The minimum Gasteiger partial charge on any atom is -0.326 e. The molecule has 0 spiro atoms. The third-order valence-electron chi connectivity index (χ3n) is 6.00. The quantitative estimate of drug-likeness (QED) is 0.385. The maximum atomic E-state index is 13.6. The Morgan fingerprint density at radius 2 is 1.84 bits per heavy atom. The molecule has 0 aromatic heterocycles. The van der Waals surface area contributed by atoms with Gasteiger partial charge in [0, 0.05) is 24.7 Å². The predicted molar refractivity (Wildman–Crippen MR) is 117 cm³/mol. The molecule has 1 fully saturated rings. The van der Waals surface area contributed by atoms with Crippen molar-refractivity contribution in [2.45, 2.75) is 12.8 Å². The van der Waals surface area contributed by atoms with E-state index in [1.165, 1.54) is 22.1 Å². The molecule has 0 bridgehead atoms. The van der Waals surface area contributed by atoms with Gasteiger partial charge in [-0.3, -0.25) is 19.7 Å². The summed E-state index contributed by atoms with van der Waals surface area (Å²) in [6.45, 7) is 0.0732. The molecule has 32 heavy (non-hydrogen) atoms. The molecular weight excluding hydrogens is 413 g/mol. The molecule has 1 unspecified atom stereocenters. The van der Waals surface area contributed by atoms with Gasteiger partial charge in [-0.1, -0.05) is 30.3 Å². The summed E-state index contributed by atoms with van der Waals surface area (Å²) in [5, 5.41) is 13.9. The monoisotopic (exact) mass is 431 g/mol. The van der Waals surface area contributed by atoms with E-state index in [1.807, 2.05) is 30.3 Å². The lowest BCUT2D eigenvalue weighted by atomic mass is 10.0. The SMILES string of the molecule is O=C(Nc1ccc2c(c1)Cc1ccccc1-2)C1CC(=O)N(c2ccc(F)c([N+](=O)[O-])c2)C1. The highest BCUT2D eigenvalue weighted by Crippen LogP contribution is 2.38. The average molecular weight is 431 g/mol. The number of rotatable bonds is 4. The topological polar surface area (TPSA) is 92.6 Å². The highest BCUT2D eigenvalue weighted by atomic mass is 19.1. The van der Waals surface area contributed by atoms with E-state index >= 15 is 0 Å². The van der Waals surface area contributed by atoms with E-state index in [2.05, 4.69) is 17.4 Å². The van der Waals surface area contributed by atoms with Crippen LogP contribution >= 0.6 is 0 Å². The van der Waals surface area contributed by atoms with Crippen LogP contribution in [0.2, 0.25) is 0 Å². The molecule has 5 rings (SSSR count). The van der Waals surface area contributed by atoms with Crippen molar-refractivity contribution < 1.29 is 18.9 Å². The fourth-order valence-corrected chi connectivity index (χ4v) is 4.41. The van der Waals surface area contributed by atoms with Gasteiger partial charge in [0.15, 0.2) is 0 Å². The summed E-state index contributed by atoms with van der Waals surface area (Å²) in [6, 6.07) is 17.2. The summed E-state index contributed by atoms with van der Waals surface area (Å²) >= 11 is 0. The number of amides is 2. The second-order valence-electron chi connectivity index (χ2n) is 7.99. The van der Waals surface area contributed by atoms with Gasteiger partial charge >= 0.3 is 5.69 Å². The summed E-state index contributed by atoms with van der Waals surface area (Å²) in [4.78, 5) is 36.7. The van der Waals surface area contributed by atoms with Gasteiger partial charge in [-0.05, 0) is 52.9 Å². The number of hydrogen-bond donors (Lipinski definition) is 1. The number of benzene rings is 3.